The van der Waals surface area contributed by atoms with Crippen LogP contribution in [0.1, 0.15) is 34.1 Å². The standard InChI is InChI=1S/C14H30O4Si/c1-6-17-19(8-3,18-7-2)13(9-10-15-5)14(4)11-16-12-14/h13H,6-12H2,1-5H3. The number of hydrogen-bond acceptors (Lipinski definition) is 4. The van der Waals surface area contributed by atoms with Crippen LogP contribution in [0.25, 0.3) is 0 Å². The summed E-state index contributed by atoms with van der Waals surface area (Å²) in [5.41, 5.74) is 0.615. The topological polar surface area (TPSA) is 36.9 Å². The molecule has 0 radical (unpaired) electrons. The molecule has 1 heterocycles. The van der Waals surface area contributed by atoms with Crippen LogP contribution < -0.4 is 0 Å². The molecule has 5 heteroatoms. The molecule has 0 amide bonds. The van der Waals surface area contributed by atoms with Crippen molar-refractivity contribution in [1.82, 2.24) is 0 Å². The molecule has 1 saturated heterocycles. The Morgan fingerprint density at radius 1 is 1.16 bits per heavy atom. The fourth-order valence-corrected chi connectivity index (χ4v) is 7.29. The van der Waals surface area contributed by atoms with Gasteiger partial charge in [0.05, 0.1) is 13.2 Å². The Hall–Kier alpha value is 0.0569. The maximum Gasteiger partial charge on any atom is 0.341 e. The number of methoxy groups -OCH3 is 1. The summed E-state index contributed by atoms with van der Waals surface area (Å²) in [5.74, 6) is 0. The smallest absolute Gasteiger partial charge is 0.341 e. The van der Waals surface area contributed by atoms with Crippen molar-refractivity contribution in [2.75, 3.05) is 40.1 Å². The van der Waals surface area contributed by atoms with Crippen molar-refractivity contribution in [2.45, 2.75) is 45.7 Å². The van der Waals surface area contributed by atoms with Gasteiger partial charge in [-0.2, -0.15) is 0 Å². The number of hydrogen-bond donors (Lipinski definition) is 0. The van der Waals surface area contributed by atoms with E-state index in [1.165, 1.54) is 0 Å². The van der Waals surface area contributed by atoms with Gasteiger partial charge in [0.15, 0.2) is 0 Å². The average molecular weight is 290 g/mol. The molecule has 1 aliphatic heterocycles. The van der Waals surface area contributed by atoms with Gasteiger partial charge in [0.1, 0.15) is 0 Å². The van der Waals surface area contributed by atoms with Crippen LogP contribution in [-0.4, -0.2) is 48.7 Å². The predicted octanol–water partition coefficient (Wildman–Crippen LogP) is 2.96. The van der Waals surface area contributed by atoms with Crippen molar-refractivity contribution in [3.63, 3.8) is 0 Å². The monoisotopic (exact) mass is 290 g/mol. The third kappa shape index (κ3) is 3.79. The summed E-state index contributed by atoms with van der Waals surface area (Å²) in [4.78, 5) is 0. The van der Waals surface area contributed by atoms with E-state index in [1.54, 1.807) is 7.11 Å². The quantitative estimate of drug-likeness (QED) is 0.580. The first kappa shape index (κ1) is 17.1. The van der Waals surface area contributed by atoms with Gasteiger partial charge >= 0.3 is 8.56 Å². The van der Waals surface area contributed by atoms with Crippen LogP contribution in [0.3, 0.4) is 0 Å². The van der Waals surface area contributed by atoms with Crippen LogP contribution in [0, 0.1) is 5.41 Å². The molecule has 0 aromatic carbocycles. The molecule has 0 aromatic heterocycles. The van der Waals surface area contributed by atoms with E-state index < -0.39 is 8.56 Å². The third-order valence-electron chi connectivity index (χ3n) is 4.12. The van der Waals surface area contributed by atoms with E-state index >= 15 is 0 Å². The van der Waals surface area contributed by atoms with Gasteiger partial charge in [-0.25, -0.2) is 0 Å². The summed E-state index contributed by atoms with van der Waals surface area (Å²) in [7, 11) is -0.444. The van der Waals surface area contributed by atoms with E-state index in [4.69, 9.17) is 18.3 Å². The Morgan fingerprint density at radius 3 is 2.05 bits per heavy atom. The molecule has 0 spiro atoms. The van der Waals surface area contributed by atoms with Crippen LogP contribution >= 0.6 is 0 Å². The molecule has 0 bridgehead atoms. The maximum atomic E-state index is 6.21. The zero-order chi connectivity index (χ0) is 14.4. The van der Waals surface area contributed by atoms with E-state index in [1.807, 2.05) is 0 Å². The minimum atomic E-state index is -2.20. The molecule has 1 aliphatic rings. The summed E-state index contributed by atoms with van der Waals surface area (Å²) in [5, 5.41) is 0. The highest BCUT2D eigenvalue weighted by atomic mass is 28.4. The van der Waals surface area contributed by atoms with Crippen LogP contribution in [0.5, 0.6) is 0 Å². The third-order valence-corrected chi connectivity index (χ3v) is 8.70. The summed E-state index contributed by atoms with van der Waals surface area (Å²) in [6.07, 6.45) is 0.996. The first-order chi connectivity index (χ1) is 9.08. The van der Waals surface area contributed by atoms with Crippen molar-refractivity contribution >= 4 is 8.56 Å². The summed E-state index contributed by atoms with van der Waals surface area (Å²) in [6, 6.07) is 0.985. The minimum absolute atomic E-state index is 0.186. The van der Waals surface area contributed by atoms with E-state index in [-0.39, 0.29) is 5.41 Å². The molecule has 0 aromatic rings. The second kappa shape index (κ2) is 7.74. The number of rotatable bonds is 10. The van der Waals surface area contributed by atoms with Gasteiger partial charge in [0.2, 0.25) is 0 Å². The summed E-state index contributed by atoms with van der Waals surface area (Å²) < 4.78 is 23.2. The highest BCUT2D eigenvalue weighted by molar-refractivity contribution is 6.69. The number of ether oxygens (including phenoxy) is 2. The second-order valence-electron chi connectivity index (χ2n) is 5.51. The van der Waals surface area contributed by atoms with Gasteiger partial charge in [-0.3, -0.25) is 0 Å². The molecular formula is C14H30O4Si. The molecule has 1 unspecified atom stereocenters. The lowest BCUT2D eigenvalue weighted by Crippen LogP contribution is -2.57. The molecule has 0 aliphatic carbocycles. The normalized spacial score (nSPS) is 20.1. The van der Waals surface area contributed by atoms with Gasteiger partial charge in [0.25, 0.3) is 0 Å². The Kier molecular flexibility index (Phi) is 6.97. The second-order valence-corrected chi connectivity index (χ2v) is 9.12. The minimum Gasteiger partial charge on any atom is -0.394 e. The first-order valence-corrected chi connectivity index (χ1v) is 9.53. The molecule has 4 nitrogen and oxygen atoms in total. The zero-order valence-electron chi connectivity index (χ0n) is 13.2. The molecule has 19 heavy (non-hydrogen) atoms. The predicted molar refractivity (Wildman–Crippen MR) is 78.7 cm³/mol. The van der Waals surface area contributed by atoms with E-state index in [0.717, 1.165) is 45.5 Å². The fraction of sp³-hybridized carbons (Fsp3) is 1.00. The Balaban J connectivity index is 2.94. The fourth-order valence-electron chi connectivity index (χ4n) is 3.14. The lowest BCUT2D eigenvalue weighted by Gasteiger charge is -2.50. The van der Waals surface area contributed by atoms with Crippen LogP contribution in [0.2, 0.25) is 11.6 Å². The van der Waals surface area contributed by atoms with Crippen LogP contribution in [-0.2, 0) is 18.3 Å². The van der Waals surface area contributed by atoms with E-state index in [9.17, 15) is 0 Å². The average Bonchev–Trinajstić information content (AvgIpc) is 2.37. The van der Waals surface area contributed by atoms with Gasteiger partial charge in [-0.15, -0.1) is 0 Å². The Bertz CT molecular complexity index is 250. The molecule has 1 atom stereocenters. The molecule has 1 fully saturated rings. The molecule has 114 valence electrons. The summed E-state index contributed by atoms with van der Waals surface area (Å²) >= 11 is 0. The van der Waals surface area contributed by atoms with Gasteiger partial charge < -0.3 is 18.3 Å². The lowest BCUT2D eigenvalue weighted by atomic mass is 9.83. The van der Waals surface area contributed by atoms with Gasteiger partial charge in [-0.05, 0) is 26.3 Å². The molecule has 0 saturated carbocycles. The van der Waals surface area contributed by atoms with Crippen molar-refractivity contribution < 1.29 is 18.3 Å². The van der Waals surface area contributed by atoms with Gasteiger partial charge in [-0.1, -0.05) is 13.8 Å². The van der Waals surface area contributed by atoms with Gasteiger partial charge in [0, 0.05) is 37.9 Å². The molecule has 0 N–H and O–H groups in total. The Morgan fingerprint density at radius 2 is 1.74 bits per heavy atom. The first-order valence-electron chi connectivity index (χ1n) is 7.43. The van der Waals surface area contributed by atoms with Crippen molar-refractivity contribution in [1.29, 1.82) is 0 Å². The van der Waals surface area contributed by atoms with Crippen LogP contribution in [0.4, 0.5) is 0 Å². The van der Waals surface area contributed by atoms with Crippen molar-refractivity contribution in [3.8, 4) is 0 Å². The molecular weight excluding hydrogens is 260 g/mol. The van der Waals surface area contributed by atoms with E-state index in [2.05, 4.69) is 27.7 Å². The van der Waals surface area contributed by atoms with Crippen molar-refractivity contribution in [2.24, 2.45) is 5.41 Å². The summed E-state index contributed by atoms with van der Waals surface area (Å²) in [6.45, 7) is 12.4. The highest BCUT2D eigenvalue weighted by Crippen LogP contribution is 2.49. The largest absolute Gasteiger partial charge is 0.394 e. The lowest BCUT2D eigenvalue weighted by molar-refractivity contribution is -0.115. The maximum absolute atomic E-state index is 6.21. The van der Waals surface area contributed by atoms with E-state index in [0.29, 0.717) is 5.54 Å². The zero-order valence-corrected chi connectivity index (χ0v) is 14.2. The Labute approximate surface area is 119 Å². The molecule has 1 rings (SSSR count). The van der Waals surface area contributed by atoms with Crippen LogP contribution in [0.15, 0.2) is 0 Å². The SMILES string of the molecule is CCO[Si](CC)(OCC)C(CCOC)C1(C)COC1. The van der Waals surface area contributed by atoms with Crippen molar-refractivity contribution in [3.05, 3.63) is 0 Å². The highest BCUT2D eigenvalue weighted by Gasteiger charge is 2.55.